The van der Waals surface area contributed by atoms with E-state index in [4.69, 9.17) is 0 Å². The van der Waals surface area contributed by atoms with E-state index in [-0.39, 0.29) is 0 Å². The van der Waals surface area contributed by atoms with Crippen molar-refractivity contribution in [2.45, 2.75) is 25.3 Å². The second-order valence-corrected chi connectivity index (χ2v) is 3.90. The fourth-order valence-electron chi connectivity index (χ4n) is 2.31. The zero-order valence-corrected chi connectivity index (χ0v) is 7.27. The molecule has 2 fully saturated rings. The smallest absolute Gasteiger partial charge is 0.00993 e. The monoisotopic (exact) mass is 154 g/mol. The normalized spacial score (nSPS) is 43.9. The van der Waals surface area contributed by atoms with E-state index >= 15 is 0 Å². The molecule has 1 aliphatic heterocycles. The molecule has 2 nitrogen and oxygen atoms in total. The predicted molar refractivity (Wildman–Crippen MR) is 46.5 cm³/mol. The van der Waals surface area contributed by atoms with Gasteiger partial charge < -0.3 is 10.6 Å². The van der Waals surface area contributed by atoms with Crippen LogP contribution >= 0.6 is 0 Å². The van der Waals surface area contributed by atoms with Crippen molar-refractivity contribution in [3.63, 3.8) is 0 Å². The molecule has 0 radical (unpaired) electrons. The van der Waals surface area contributed by atoms with Gasteiger partial charge in [0.1, 0.15) is 0 Å². The largest absolute Gasteiger partial charge is 0.317 e. The molecule has 2 heteroatoms. The van der Waals surface area contributed by atoms with Crippen LogP contribution in [0.5, 0.6) is 0 Å². The zero-order chi connectivity index (χ0) is 7.68. The lowest BCUT2D eigenvalue weighted by molar-refractivity contribution is 0.332. The van der Waals surface area contributed by atoms with Crippen molar-refractivity contribution >= 4 is 0 Å². The average molecular weight is 154 g/mol. The molecule has 0 aromatic carbocycles. The Kier molecular flexibility index (Phi) is 2.14. The molecule has 1 saturated heterocycles. The minimum atomic E-state index is 0.847. The lowest BCUT2D eigenvalue weighted by Crippen LogP contribution is -2.32. The number of piperidine rings is 1. The lowest BCUT2D eigenvalue weighted by Gasteiger charge is -2.22. The van der Waals surface area contributed by atoms with Gasteiger partial charge in [0.2, 0.25) is 0 Å². The van der Waals surface area contributed by atoms with Crippen LogP contribution in [0.1, 0.15) is 19.3 Å². The first-order valence-corrected chi connectivity index (χ1v) is 4.80. The van der Waals surface area contributed by atoms with Crippen molar-refractivity contribution in [2.24, 2.45) is 11.8 Å². The second kappa shape index (κ2) is 3.11. The topological polar surface area (TPSA) is 24.1 Å². The molecule has 0 spiro atoms. The summed E-state index contributed by atoms with van der Waals surface area (Å²) in [6, 6.07) is 0.847. The molecule has 2 rings (SSSR count). The van der Waals surface area contributed by atoms with Gasteiger partial charge in [0.25, 0.3) is 0 Å². The quantitative estimate of drug-likeness (QED) is 0.608. The fourth-order valence-corrected chi connectivity index (χ4v) is 2.31. The van der Waals surface area contributed by atoms with Crippen molar-refractivity contribution < 1.29 is 0 Å². The summed E-state index contributed by atoms with van der Waals surface area (Å²) in [6.07, 6.45) is 4.26. The molecule has 2 N–H and O–H groups in total. The summed E-state index contributed by atoms with van der Waals surface area (Å²) >= 11 is 0. The number of hydrogen-bond acceptors (Lipinski definition) is 2. The summed E-state index contributed by atoms with van der Waals surface area (Å²) in [4.78, 5) is 0. The molecule has 2 aliphatic rings. The fraction of sp³-hybridized carbons (Fsp3) is 1.00. The highest BCUT2D eigenvalue weighted by Gasteiger charge is 2.41. The Hall–Kier alpha value is -0.0800. The summed E-state index contributed by atoms with van der Waals surface area (Å²) in [5.41, 5.74) is 0. The molecule has 1 saturated carbocycles. The van der Waals surface area contributed by atoms with Crippen LogP contribution in [0, 0.1) is 11.8 Å². The zero-order valence-electron chi connectivity index (χ0n) is 7.27. The maximum Gasteiger partial charge on any atom is 0.00993 e. The highest BCUT2D eigenvalue weighted by atomic mass is 15.0. The molecule has 1 aliphatic carbocycles. The molecule has 3 atom stereocenters. The molecule has 3 unspecified atom stereocenters. The van der Waals surface area contributed by atoms with Gasteiger partial charge in [-0.2, -0.15) is 0 Å². The van der Waals surface area contributed by atoms with E-state index in [1.165, 1.54) is 32.4 Å². The molecule has 64 valence electrons. The average Bonchev–Trinajstić information content (AvgIpc) is 2.85. The molecule has 0 aromatic heterocycles. The van der Waals surface area contributed by atoms with E-state index in [2.05, 4.69) is 17.7 Å². The summed E-state index contributed by atoms with van der Waals surface area (Å²) in [7, 11) is 2.08. The summed E-state index contributed by atoms with van der Waals surface area (Å²) < 4.78 is 0. The van der Waals surface area contributed by atoms with E-state index in [9.17, 15) is 0 Å². The number of hydrogen-bond donors (Lipinski definition) is 2. The minimum absolute atomic E-state index is 0.847. The van der Waals surface area contributed by atoms with Gasteiger partial charge >= 0.3 is 0 Å². The van der Waals surface area contributed by atoms with Crippen LogP contribution in [0.4, 0.5) is 0 Å². The van der Waals surface area contributed by atoms with Gasteiger partial charge in [-0.15, -0.1) is 0 Å². The maximum atomic E-state index is 3.47. The molecule has 1 heterocycles. The molecular weight excluding hydrogens is 136 g/mol. The summed E-state index contributed by atoms with van der Waals surface area (Å²) in [6.45, 7) is 2.51. The highest BCUT2D eigenvalue weighted by Crippen LogP contribution is 2.39. The predicted octanol–water partition coefficient (Wildman–Crippen LogP) is 0.594. The van der Waals surface area contributed by atoms with Crippen LogP contribution in [0.25, 0.3) is 0 Å². The van der Waals surface area contributed by atoms with Crippen molar-refractivity contribution in [2.75, 3.05) is 20.1 Å². The Bertz CT molecular complexity index is 130. The molecule has 11 heavy (non-hydrogen) atoms. The van der Waals surface area contributed by atoms with Gasteiger partial charge in [-0.3, -0.25) is 0 Å². The molecule has 0 bridgehead atoms. The van der Waals surface area contributed by atoms with Crippen LogP contribution in [-0.4, -0.2) is 26.2 Å². The third-order valence-electron chi connectivity index (χ3n) is 3.15. The Balaban J connectivity index is 1.77. The lowest BCUT2D eigenvalue weighted by atomic mass is 9.94. The van der Waals surface area contributed by atoms with E-state index in [0.29, 0.717) is 0 Å². The van der Waals surface area contributed by atoms with Crippen molar-refractivity contribution in [3.8, 4) is 0 Å². The maximum absolute atomic E-state index is 3.47. The highest BCUT2D eigenvalue weighted by molar-refractivity contribution is 4.97. The minimum Gasteiger partial charge on any atom is -0.317 e. The van der Waals surface area contributed by atoms with Crippen molar-refractivity contribution in [1.82, 2.24) is 10.6 Å². The van der Waals surface area contributed by atoms with Gasteiger partial charge in [-0.05, 0) is 51.2 Å². The van der Waals surface area contributed by atoms with Crippen LogP contribution in [-0.2, 0) is 0 Å². The molecule has 0 amide bonds. The van der Waals surface area contributed by atoms with Crippen LogP contribution < -0.4 is 10.6 Å². The third-order valence-corrected chi connectivity index (χ3v) is 3.15. The van der Waals surface area contributed by atoms with E-state index in [1.807, 2.05) is 0 Å². The van der Waals surface area contributed by atoms with E-state index in [0.717, 1.165) is 17.9 Å². The number of rotatable bonds is 2. The Morgan fingerprint density at radius 1 is 1.45 bits per heavy atom. The summed E-state index contributed by atoms with van der Waals surface area (Å²) in [5.74, 6) is 1.97. The van der Waals surface area contributed by atoms with Gasteiger partial charge in [-0.1, -0.05) is 0 Å². The first kappa shape index (κ1) is 7.56. The third kappa shape index (κ3) is 1.57. The van der Waals surface area contributed by atoms with Crippen LogP contribution in [0.15, 0.2) is 0 Å². The molecule has 0 aromatic rings. The van der Waals surface area contributed by atoms with Crippen LogP contribution in [0.2, 0.25) is 0 Å². The summed E-state index contributed by atoms with van der Waals surface area (Å²) in [5, 5.41) is 6.83. The Morgan fingerprint density at radius 2 is 2.36 bits per heavy atom. The van der Waals surface area contributed by atoms with E-state index < -0.39 is 0 Å². The van der Waals surface area contributed by atoms with Gasteiger partial charge in [0.15, 0.2) is 0 Å². The van der Waals surface area contributed by atoms with Crippen molar-refractivity contribution in [1.29, 1.82) is 0 Å². The first-order valence-electron chi connectivity index (χ1n) is 4.80. The Morgan fingerprint density at radius 3 is 2.91 bits per heavy atom. The van der Waals surface area contributed by atoms with Gasteiger partial charge in [-0.25, -0.2) is 0 Å². The SMILES string of the molecule is CNC1CC1C1CCCNC1. The second-order valence-electron chi connectivity index (χ2n) is 3.90. The first-order chi connectivity index (χ1) is 5.42. The Labute approximate surface area is 68.7 Å². The van der Waals surface area contributed by atoms with Crippen molar-refractivity contribution in [3.05, 3.63) is 0 Å². The molecular formula is C9H18N2. The number of nitrogens with one attached hydrogen (secondary N) is 2. The van der Waals surface area contributed by atoms with Crippen LogP contribution in [0.3, 0.4) is 0 Å². The van der Waals surface area contributed by atoms with Gasteiger partial charge in [0.05, 0.1) is 0 Å². The van der Waals surface area contributed by atoms with Gasteiger partial charge in [0, 0.05) is 6.04 Å². The standard InChI is InChI=1S/C9H18N2/c1-10-9-5-8(9)7-3-2-4-11-6-7/h7-11H,2-6H2,1H3. The van der Waals surface area contributed by atoms with E-state index in [1.54, 1.807) is 0 Å².